The summed E-state index contributed by atoms with van der Waals surface area (Å²) in [6, 6.07) is 16.5. The van der Waals surface area contributed by atoms with Crippen LogP contribution in [0.25, 0.3) is 0 Å². The van der Waals surface area contributed by atoms with E-state index in [2.05, 4.69) is 56.0 Å². The van der Waals surface area contributed by atoms with Gasteiger partial charge in [-0.2, -0.15) is 5.26 Å². The predicted molar refractivity (Wildman–Crippen MR) is 97.3 cm³/mol. The molecule has 1 heterocycles. The first-order valence-corrected chi connectivity index (χ1v) is 8.63. The van der Waals surface area contributed by atoms with Gasteiger partial charge in [0.1, 0.15) is 11.4 Å². The van der Waals surface area contributed by atoms with Crippen LogP contribution in [0.5, 0.6) is 5.75 Å². The van der Waals surface area contributed by atoms with Gasteiger partial charge in [-0.15, -0.1) is 0 Å². The lowest BCUT2D eigenvalue weighted by molar-refractivity contribution is 0.0569. The van der Waals surface area contributed by atoms with Gasteiger partial charge in [0.25, 0.3) is 0 Å². The molecular weight excluding hydrogens is 296 g/mol. The van der Waals surface area contributed by atoms with Crippen molar-refractivity contribution in [3.63, 3.8) is 0 Å². The largest absolute Gasteiger partial charge is 0.483 e. The van der Waals surface area contributed by atoms with Gasteiger partial charge in [0.2, 0.25) is 0 Å². The van der Waals surface area contributed by atoms with Crippen molar-refractivity contribution in [2.75, 3.05) is 11.4 Å². The van der Waals surface area contributed by atoms with Gasteiger partial charge in [0, 0.05) is 6.54 Å². The minimum absolute atomic E-state index is 0.145. The molecule has 1 aliphatic rings. The zero-order valence-electron chi connectivity index (χ0n) is 14.7. The third-order valence-electron chi connectivity index (χ3n) is 4.98. The van der Waals surface area contributed by atoms with Crippen LogP contribution in [0.3, 0.4) is 0 Å². The molecule has 0 radical (unpaired) electrons. The van der Waals surface area contributed by atoms with Crippen LogP contribution >= 0.6 is 0 Å². The van der Waals surface area contributed by atoms with E-state index >= 15 is 0 Å². The van der Waals surface area contributed by atoms with Crippen molar-refractivity contribution in [2.24, 2.45) is 0 Å². The highest BCUT2D eigenvalue weighted by atomic mass is 16.5. The van der Waals surface area contributed by atoms with E-state index < -0.39 is 0 Å². The van der Waals surface area contributed by atoms with Crippen LogP contribution in [0.4, 0.5) is 5.69 Å². The van der Waals surface area contributed by atoms with Gasteiger partial charge < -0.3 is 9.64 Å². The Morgan fingerprint density at radius 2 is 1.96 bits per heavy atom. The minimum Gasteiger partial charge on any atom is -0.483 e. The molecule has 0 saturated carbocycles. The van der Waals surface area contributed by atoms with Crippen LogP contribution in [0, 0.1) is 18.3 Å². The quantitative estimate of drug-likeness (QED) is 0.810. The van der Waals surface area contributed by atoms with Crippen LogP contribution in [-0.2, 0) is 6.54 Å². The SMILES string of the molecule is CCC1(CC)CN(Cc2cccc(C#N)c2)c2ccc(C)cc2O1. The summed E-state index contributed by atoms with van der Waals surface area (Å²) < 4.78 is 6.42. The van der Waals surface area contributed by atoms with Crippen LogP contribution in [-0.4, -0.2) is 12.1 Å². The summed E-state index contributed by atoms with van der Waals surface area (Å²) in [7, 11) is 0. The second-order valence-electron chi connectivity index (χ2n) is 6.63. The number of rotatable bonds is 4. The third kappa shape index (κ3) is 3.10. The summed E-state index contributed by atoms with van der Waals surface area (Å²) in [6.45, 7) is 8.14. The summed E-state index contributed by atoms with van der Waals surface area (Å²) >= 11 is 0. The topological polar surface area (TPSA) is 36.3 Å². The van der Waals surface area contributed by atoms with Gasteiger partial charge >= 0.3 is 0 Å². The van der Waals surface area contributed by atoms with Crippen molar-refractivity contribution < 1.29 is 4.74 Å². The molecule has 0 saturated heterocycles. The van der Waals surface area contributed by atoms with Crippen molar-refractivity contribution in [2.45, 2.75) is 45.8 Å². The summed E-state index contributed by atoms with van der Waals surface area (Å²) in [5.74, 6) is 0.974. The summed E-state index contributed by atoms with van der Waals surface area (Å²) in [6.07, 6.45) is 1.96. The third-order valence-corrected chi connectivity index (χ3v) is 4.98. The first-order chi connectivity index (χ1) is 11.6. The maximum absolute atomic E-state index is 9.13. The standard InChI is InChI=1S/C21H24N2O/c1-4-21(5-2)15-23(14-18-8-6-7-17(12-18)13-22)19-10-9-16(3)11-20(19)24-21/h6-12H,4-5,14-15H2,1-3H3. The monoisotopic (exact) mass is 320 g/mol. The van der Waals surface area contributed by atoms with Crippen molar-refractivity contribution in [1.82, 2.24) is 0 Å². The van der Waals surface area contributed by atoms with E-state index in [1.54, 1.807) is 0 Å². The van der Waals surface area contributed by atoms with E-state index in [-0.39, 0.29) is 5.60 Å². The van der Waals surface area contributed by atoms with Crippen LogP contribution < -0.4 is 9.64 Å². The maximum Gasteiger partial charge on any atom is 0.143 e. The fourth-order valence-corrected chi connectivity index (χ4v) is 3.38. The molecule has 124 valence electrons. The Morgan fingerprint density at radius 3 is 2.67 bits per heavy atom. The number of nitriles is 1. The van der Waals surface area contributed by atoms with Crippen LogP contribution in [0.15, 0.2) is 42.5 Å². The van der Waals surface area contributed by atoms with E-state index in [1.807, 2.05) is 18.2 Å². The number of aryl methyl sites for hydroxylation is 1. The molecule has 0 fully saturated rings. The molecule has 0 atom stereocenters. The summed E-state index contributed by atoms with van der Waals surface area (Å²) in [5.41, 5.74) is 4.07. The molecule has 2 aromatic rings. The van der Waals surface area contributed by atoms with Crippen molar-refractivity contribution >= 4 is 5.69 Å². The number of fused-ring (bicyclic) bond motifs is 1. The molecule has 3 nitrogen and oxygen atoms in total. The van der Waals surface area contributed by atoms with Crippen molar-refractivity contribution in [1.29, 1.82) is 5.26 Å². The first-order valence-electron chi connectivity index (χ1n) is 8.63. The number of benzene rings is 2. The Hall–Kier alpha value is -2.47. The molecule has 1 aliphatic heterocycles. The van der Waals surface area contributed by atoms with E-state index in [4.69, 9.17) is 10.00 Å². The number of hydrogen-bond donors (Lipinski definition) is 0. The molecule has 3 heteroatoms. The van der Waals surface area contributed by atoms with E-state index in [1.165, 1.54) is 5.56 Å². The van der Waals surface area contributed by atoms with Gasteiger partial charge in [-0.05, 0) is 55.2 Å². The zero-order chi connectivity index (χ0) is 17.2. The Morgan fingerprint density at radius 1 is 1.17 bits per heavy atom. The van der Waals surface area contributed by atoms with Gasteiger partial charge in [-0.3, -0.25) is 0 Å². The van der Waals surface area contributed by atoms with Crippen molar-refractivity contribution in [3.05, 3.63) is 59.2 Å². The molecule has 0 bridgehead atoms. The lowest BCUT2D eigenvalue weighted by Gasteiger charge is -2.44. The normalized spacial score (nSPS) is 15.3. The van der Waals surface area contributed by atoms with E-state index in [9.17, 15) is 0 Å². The fourth-order valence-electron chi connectivity index (χ4n) is 3.38. The van der Waals surface area contributed by atoms with Gasteiger partial charge in [-0.25, -0.2) is 0 Å². The number of ether oxygens (including phenoxy) is 1. The van der Waals surface area contributed by atoms with Crippen molar-refractivity contribution in [3.8, 4) is 11.8 Å². The lowest BCUT2D eigenvalue weighted by Crippen LogP contribution is -2.50. The van der Waals surface area contributed by atoms with Crippen LogP contribution in [0.1, 0.15) is 43.4 Å². The average molecular weight is 320 g/mol. The molecule has 3 rings (SSSR count). The Kier molecular flexibility index (Phi) is 4.49. The highest BCUT2D eigenvalue weighted by molar-refractivity contribution is 5.62. The fraction of sp³-hybridized carbons (Fsp3) is 0.381. The average Bonchev–Trinajstić information content (AvgIpc) is 2.61. The molecule has 2 aromatic carbocycles. The summed E-state index contributed by atoms with van der Waals surface area (Å²) in [5, 5.41) is 9.13. The molecule has 0 amide bonds. The van der Waals surface area contributed by atoms with E-state index in [0.717, 1.165) is 42.9 Å². The molecule has 0 aliphatic carbocycles. The highest BCUT2D eigenvalue weighted by Crippen LogP contribution is 2.40. The molecule has 0 N–H and O–H groups in total. The molecule has 0 unspecified atom stereocenters. The number of anilines is 1. The van der Waals surface area contributed by atoms with E-state index in [0.29, 0.717) is 5.56 Å². The second-order valence-corrected chi connectivity index (χ2v) is 6.63. The number of hydrogen-bond acceptors (Lipinski definition) is 3. The predicted octanol–water partition coefficient (Wildman–Crippen LogP) is 4.82. The first kappa shape index (κ1) is 16.4. The zero-order valence-corrected chi connectivity index (χ0v) is 14.7. The molecule has 24 heavy (non-hydrogen) atoms. The Labute approximate surface area is 144 Å². The minimum atomic E-state index is -0.145. The van der Waals surface area contributed by atoms with Gasteiger partial charge in [0.05, 0.1) is 23.9 Å². The highest BCUT2D eigenvalue weighted by Gasteiger charge is 2.36. The van der Waals surface area contributed by atoms with Gasteiger partial charge in [-0.1, -0.05) is 32.0 Å². The lowest BCUT2D eigenvalue weighted by atomic mass is 9.93. The maximum atomic E-state index is 9.13. The Bertz CT molecular complexity index is 772. The summed E-state index contributed by atoms with van der Waals surface area (Å²) in [4.78, 5) is 2.39. The van der Waals surface area contributed by atoms with Gasteiger partial charge in [0.15, 0.2) is 0 Å². The number of nitrogens with zero attached hydrogens (tertiary/aromatic N) is 2. The smallest absolute Gasteiger partial charge is 0.143 e. The van der Waals surface area contributed by atoms with Crippen LogP contribution in [0.2, 0.25) is 0 Å². The Balaban J connectivity index is 1.98. The molecule has 0 spiro atoms. The second kappa shape index (κ2) is 6.57. The molecular formula is C21H24N2O. The molecule has 0 aromatic heterocycles.